The predicted molar refractivity (Wildman–Crippen MR) is 70.9 cm³/mol. The summed E-state index contributed by atoms with van der Waals surface area (Å²) in [4.78, 5) is 4.37. The monoisotopic (exact) mass is 262 g/mol. The van der Waals surface area contributed by atoms with Crippen molar-refractivity contribution in [1.29, 1.82) is 0 Å². The van der Waals surface area contributed by atoms with Gasteiger partial charge in [0, 0.05) is 6.20 Å². The van der Waals surface area contributed by atoms with Crippen LogP contribution in [0.5, 0.6) is 0 Å². The molecule has 0 aliphatic heterocycles. The molecule has 1 unspecified atom stereocenters. The number of hydrogen-bond donors (Lipinski definition) is 1. The van der Waals surface area contributed by atoms with Gasteiger partial charge in [-0.3, -0.25) is 4.98 Å². The Kier molecular flexibility index (Phi) is 4.22. The molecule has 0 fully saturated rings. The lowest BCUT2D eigenvalue weighted by atomic mass is 9.98. The molecule has 2 aromatic rings. The third kappa shape index (κ3) is 2.79. The van der Waals surface area contributed by atoms with Gasteiger partial charge in [-0.25, -0.2) is 8.78 Å². The lowest BCUT2D eigenvalue weighted by molar-refractivity contribution is 0.504. The summed E-state index contributed by atoms with van der Waals surface area (Å²) in [7, 11) is 1.78. The van der Waals surface area contributed by atoms with Gasteiger partial charge < -0.3 is 5.32 Å². The summed E-state index contributed by atoms with van der Waals surface area (Å²) in [6.07, 6.45) is 2.55. The Hall–Kier alpha value is -1.81. The van der Waals surface area contributed by atoms with E-state index in [-0.39, 0.29) is 6.04 Å². The van der Waals surface area contributed by atoms with Crippen molar-refractivity contribution in [3.8, 4) is 0 Å². The summed E-state index contributed by atoms with van der Waals surface area (Å²) in [6, 6.07) is 7.56. The van der Waals surface area contributed by atoms with E-state index in [1.807, 2.05) is 19.1 Å². The van der Waals surface area contributed by atoms with Crippen molar-refractivity contribution in [2.24, 2.45) is 0 Å². The van der Waals surface area contributed by atoms with Crippen molar-refractivity contribution in [2.75, 3.05) is 7.05 Å². The summed E-state index contributed by atoms with van der Waals surface area (Å²) >= 11 is 0. The second kappa shape index (κ2) is 5.89. The predicted octanol–water partition coefficient (Wildman–Crippen LogP) is 3.23. The van der Waals surface area contributed by atoms with Crippen molar-refractivity contribution in [3.63, 3.8) is 0 Å². The van der Waals surface area contributed by atoms with Gasteiger partial charge in [0.05, 0.1) is 11.7 Å². The van der Waals surface area contributed by atoms with Crippen LogP contribution in [0, 0.1) is 11.6 Å². The van der Waals surface area contributed by atoms with Crippen LogP contribution in [0.1, 0.15) is 29.8 Å². The largest absolute Gasteiger partial charge is 0.308 e. The molecular formula is C15H16F2N2. The van der Waals surface area contributed by atoms with Gasteiger partial charge in [-0.05, 0) is 42.8 Å². The highest BCUT2D eigenvalue weighted by molar-refractivity contribution is 5.33. The molecule has 1 aromatic heterocycles. The van der Waals surface area contributed by atoms with E-state index in [4.69, 9.17) is 0 Å². The number of aryl methyl sites for hydroxylation is 1. The van der Waals surface area contributed by atoms with E-state index in [2.05, 4.69) is 10.3 Å². The Morgan fingerprint density at radius 3 is 2.63 bits per heavy atom. The smallest absolute Gasteiger partial charge is 0.159 e. The van der Waals surface area contributed by atoms with Crippen molar-refractivity contribution in [2.45, 2.75) is 19.4 Å². The minimum atomic E-state index is -0.841. The summed E-state index contributed by atoms with van der Waals surface area (Å²) in [6.45, 7) is 2.04. The Morgan fingerprint density at radius 2 is 2.00 bits per heavy atom. The van der Waals surface area contributed by atoms with Crippen LogP contribution in [0.25, 0.3) is 0 Å². The minimum absolute atomic E-state index is 0.244. The van der Waals surface area contributed by atoms with Crippen LogP contribution in [0.3, 0.4) is 0 Å². The molecule has 2 nitrogen and oxygen atoms in total. The van der Waals surface area contributed by atoms with Crippen LogP contribution < -0.4 is 5.32 Å². The number of hydrogen-bond acceptors (Lipinski definition) is 2. The van der Waals surface area contributed by atoms with Crippen molar-refractivity contribution < 1.29 is 8.78 Å². The average molecular weight is 262 g/mol. The van der Waals surface area contributed by atoms with Gasteiger partial charge in [-0.2, -0.15) is 0 Å². The lowest BCUT2D eigenvalue weighted by Gasteiger charge is -2.19. The summed E-state index contributed by atoms with van der Waals surface area (Å²) in [5.41, 5.74) is 2.60. The first kappa shape index (κ1) is 13.6. The van der Waals surface area contributed by atoms with E-state index >= 15 is 0 Å². The Balaban J connectivity index is 2.46. The van der Waals surface area contributed by atoms with Crippen LogP contribution in [-0.2, 0) is 6.42 Å². The lowest BCUT2D eigenvalue weighted by Crippen LogP contribution is -2.20. The average Bonchev–Trinajstić information content (AvgIpc) is 2.44. The molecular weight excluding hydrogens is 246 g/mol. The Morgan fingerprint density at radius 1 is 1.21 bits per heavy atom. The van der Waals surface area contributed by atoms with Crippen LogP contribution in [0.15, 0.2) is 36.5 Å². The van der Waals surface area contributed by atoms with Gasteiger partial charge in [0.15, 0.2) is 11.6 Å². The molecule has 1 aromatic carbocycles. The molecule has 0 aliphatic carbocycles. The maximum atomic E-state index is 13.4. The normalized spacial score (nSPS) is 12.4. The zero-order valence-electron chi connectivity index (χ0n) is 11.0. The van der Waals surface area contributed by atoms with Crippen LogP contribution in [-0.4, -0.2) is 12.0 Å². The molecule has 1 atom stereocenters. The molecule has 0 aliphatic rings. The topological polar surface area (TPSA) is 24.9 Å². The van der Waals surface area contributed by atoms with E-state index in [0.29, 0.717) is 5.56 Å². The molecule has 1 heterocycles. The highest BCUT2D eigenvalue weighted by Crippen LogP contribution is 2.24. The SMILES string of the molecule is CCc1cccnc1C(NC)c1ccc(F)c(F)c1. The van der Waals surface area contributed by atoms with E-state index < -0.39 is 11.6 Å². The first-order valence-corrected chi connectivity index (χ1v) is 6.23. The maximum absolute atomic E-state index is 13.4. The van der Waals surface area contributed by atoms with Gasteiger partial charge in [0.25, 0.3) is 0 Å². The summed E-state index contributed by atoms with van der Waals surface area (Å²) in [5.74, 6) is -1.68. The van der Waals surface area contributed by atoms with Gasteiger partial charge >= 0.3 is 0 Å². The van der Waals surface area contributed by atoms with Crippen LogP contribution in [0.4, 0.5) is 8.78 Å². The fourth-order valence-corrected chi connectivity index (χ4v) is 2.16. The van der Waals surface area contributed by atoms with Gasteiger partial charge in [-0.1, -0.05) is 19.1 Å². The fraction of sp³-hybridized carbons (Fsp3) is 0.267. The standard InChI is InChI=1S/C15H16F2N2/c1-3-10-5-4-8-19-15(10)14(18-2)11-6-7-12(16)13(17)9-11/h4-9,14,18H,3H2,1-2H3. The minimum Gasteiger partial charge on any atom is -0.308 e. The number of nitrogens with zero attached hydrogens (tertiary/aromatic N) is 1. The molecule has 100 valence electrons. The zero-order chi connectivity index (χ0) is 13.8. The molecule has 1 N–H and O–H groups in total. The number of pyridine rings is 1. The van der Waals surface area contributed by atoms with E-state index in [1.165, 1.54) is 6.07 Å². The third-order valence-electron chi connectivity index (χ3n) is 3.15. The Bertz CT molecular complexity index is 570. The summed E-state index contributed by atoms with van der Waals surface area (Å²) in [5, 5.41) is 3.10. The molecule has 4 heteroatoms. The molecule has 19 heavy (non-hydrogen) atoms. The van der Waals surface area contributed by atoms with E-state index in [0.717, 1.165) is 23.7 Å². The number of aromatic nitrogens is 1. The van der Waals surface area contributed by atoms with Gasteiger partial charge in [0.2, 0.25) is 0 Å². The van der Waals surface area contributed by atoms with Crippen molar-refractivity contribution in [3.05, 3.63) is 65.0 Å². The maximum Gasteiger partial charge on any atom is 0.159 e. The van der Waals surface area contributed by atoms with E-state index in [9.17, 15) is 8.78 Å². The molecule has 0 radical (unpaired) electrons. The first-order valence-electron chi connectivity index (χ1n) is 6.23. The number of rotatable bonds is 4. The van der Waals surface area contributed by atoms with Crippen molar-refractivity contribution >= 4 is 0 Å². The Labute approximate surface area is 111 Å². The molecule has 0 amide bonds. The second-order valence-electron chi connectivity index (χ2n) is 4.30. The highest BCUT2D eigenvalue weighted by atomic mass is 19.2. The number of halogens is 2. The number of benzene rings is 1. The van der Waals surface area contributed by atoms with Crippen LogP contribution in [0.2, 0.25) is 0 Å². The molecule has 0 bridgehead atoms. The molecule has 0 saturated heterocycles. The fourth-order valence-electron chi connectivity index (χ4n) is 2.16. The quantitative estimate of drug-likeness (QED) is 0.915. The van der Waals surface area contributed by atoms with Gasteiger partial charge in [0.1, 0.15) is 0 Å². The molecule has 0 spiro atoms. The van der Waals surface area contributed by atoms with Gasteiger partial charge in [-0.15, -0.1) is 0 Å². The molecule has 0 saturated carbocycles. The summed E-state index contributed by atoms with van der Waals surface area (Å²) < 4.78 is 26.4. The third-order valence-corrected chi connectivity index (χ3v) is 3.15. The number of nitrogens with one attached hydrogen (secondary N) is 1. The highest BCUT2D eigenvalue weighted by Gasteiger charge is 2.17. The molecule has 2 rings (SSSR count). The van der Waals surface area contributed by atoms with Crippen LogP contribution >= 0.6 is 0 Å². The second-order valence-corrected chi connectivity index (χ2v) is 4.30. The van der Waals surface area contributed by atoms with Crippen molar-refractivity contribution in [1.82, 2.24) is 10.3 Å². The first-order chi connectivity index (χ1) is 9.17. The van der Waals surface area contributed by atoms with E-state index in [1.54, 1.807) is 19.3 Å². The zero-order valence-corrected chi connectivity index (χ0v) is 11.0.